The van der Waals surface area contributed by atoms with Crippen LogP contribution in [0.1, 0.15) is 5.56 Å². The van der Waals surface area contributed by atoms with Gasteiger partial charge in [-0.25, -0.2) is 0 Å². The maximum absolute atomic E-state index is 5.67. The van der Waals surface area contributed by atoms with Crippen LogP contribution in [0.2, 0.25) is 0 Å². The fourth-order valence-corrected chi connectivity index (χ4v) is 2.16. The van der Waals surface area contributed by atoms with Gasteiger partial charge in [0, 0.05) is 30.4 Å². The van der Waals surface area contributed by atoms with Crippen molar-refractivity contribution < 1.29 is 4.74 Å². The van der Waals surface area contributed by atoms with Gasteiger partial charge in [-0.3, -0.25) is 0 Å². The minimum Gasteiger partial charge on any atom is -0.491 e. The molecule has 15 heavy (non-hydrogen) atoms. The zero-order valence-electron chi connectivity index (χ0n) is 9.01. The summed E-state index contributed by atoms with van der Waals surface area (Å²) < 4.78 is 5.67. The first-order valence-electron chi connectivity index (χ1n) is 4.92. The van der Waals surface area contributed by atoms with E-state index < -0.39 is 0 Å². The number of ether oxygens (including phenoxy) is 1. The Morgan fingerprint density at radius 2 is 2.20 bits per heavy atom. The number of nitrogens with zero attached hydrogens (tertiary/aromatic N) is 2. The highest BCUT2D eigenvalue weighted by atomic mass is 32.1. The molecule has 0 bridgehead atoms. The predicted molar refractivity (Wildman–Crippen MR) is 62.5 cm³/mol. The molecule has 0 aromatic carbocycles. The highest BCUT2D eigenvalue weighted by Crippen LogP contribution is 2.22. The van der Waals surface area contributed by atoms with Crippen molar-refractivity contribution in [3.05, 3.63) is 35.4 Å². The quantitative estimate of drug-likeness (QED) is 0.779. The minimum absolute atomic E-state index is 0.715. The summed E-state index contributed by atoms with van der Waals surface area (Å²) in [7, 11) is 2.01. The maximum atomic E-state index is 5.67. The average Bonchev–Trinajstić information content (AvgIpc) is 2.77. The molecule has 1 aromatic heterocycles. The second-order valence-corrected chi connectivity index (χ2v) is 4.33. The number of thiophene rings is 1. The van der Waals surface area contributed by atoms with E-state index in [9.17, 15) is 0 Å². The molecule has 0 N–H and O–H groups in total. The summed E-state index contributed by atoms with van der Waals surface area (Å²) in [5.41, 5.74) is 1.22. The van der Waals surface area contributed by atoms with E-state index in [-0.39, 0.29) is 0 Å². The lowest BCUT2D eigenvalue weighted by atomic mass is 10.4. The third kappa shape index (κ3) is 2.65. The molecule has 0 saturated heterocycles. The average molecular weight is 223 g/mol. The Balaban J connectivity index is 1.72. The molecule has 3 nitrogen and oxygen atoms in total. The van der Waals surface area contributed by atoms with Crippen LogP contribution in [0, 0.1) is 13.6 Å². The Hall–Kier alpha value is -1.16. The van der Waals surface area contributed by atoms with Gasteiger partial charge in [0.2, 0.25) is 0 Å². The van der Waals surface area contributed by atoms with Crippen LogP contribution in [-0.2, 0) is 0 Å². The molecule has 81 valence electrons. The summed E-state index contributed by atoms with van der Waals surface area (Å²) in [6.45, 7) is 5.72. The summed E-state index contributed by atoms with van der Waals surface area (Å²) in [6.07, 6.45) is 4.07. The second-order valence-electron chi connectivity index (χ2n) is 3.58. The molecule has 0 amide bonds. The zero-order chi connectivity index (χ0) is 10.7. The van der Waals surface area contributed by atoms with Gasteiger partial charge in [0.15, 0.2) is 0 Å². The third-order valence-electron chi connectivity index (χ3n) is 2.24. The Kier molecular flexibility index (Phi) is 3.16. The van der Waals surface area contributed by atoms with Crippen LogP contribution in [0.3, 0.4) is 0 Å². The van der Waals surface area contributed by atoms with Crippen LogP contribution < -0.4 is 4.74 Å². The van der Waals surface area contributed by atoms with Crippen LogP contribution in [-0.4, -0.2) is 30.0 Å². The fourth-order valence-electron chi connectivity index (χ4n) is 1.39. The number of rotatable bonds is 4. The van der Waals surface area contributed by atoms with Crippen molar-refractivity contribution in [2.75, 3.05) is 20.2 Å². The van der Waals surface area contributed by atoms with Crippen molar-refractivity contribution in [1.29, 1.82) is 0 Å². The van der Waals surface area contributed by atoms with E-state index in [0.29, 0.717) is 6.61 Å². The molecule has 0 atom stereocenters. The predicted octanol–water partition coefficient (Wildman–Crippen LogP) is 2.27. The summed E-state index contributed by atoms with van der Waals surface area (Å²) in [6, 6.07) is 0. The Morgan fingerprint density at radius 3 is 2.80 bits per heavy atom. The van der Waals surface area contributed by atoms with Crippen molar-refractivity contribution in [3.8, 4) is 5.75 Å². The van der Waals surface area contributed by atoms with E-state index in [1.165, 1.54) is 5.56 Å². The lowest BCUT2D eigenvalue weighted by molar-refractivity contribution is 0.262. The molecular formula is C11H15N2OS. The summed E-state index contributed by atoms with van der Waals surface area (Å²) in [4.78, 5) is 4.14. The van der Waals surface area contributed by atoms with E-state index in [4.69, 9.17) is 4.74 Å². The lowest BCUT2D eigenvalue weighted by Gasteiger charge is -2.16. The molecule has 1 aliphatic rings. The van der Waals surface area contributed by atoms with E-state index in [2.05, 4.69) is 17.2 Å². The number of aryl methyl sites for hydroxylation is 1. The summed E-state index contributed by atoms with van der Waals surface area (Å²) in [5, 5.41) is 4.15. The molecule has 0 unspecified atom stereocenters. The molecule has 1 aliphatic heterocycles. The van der Waals surface area contributed by atoms with Crippen LogP contribution in [0.4, 0.5) is 0 Å². The maximum Gasteiger partial charge on any atom is 0.141 e. The molecule has 0 spiro atoms. The topological polar surface area (TPSA) is 15.7 Å². The number of hydrogen-bond acceptors (Lipinski definition) is 4. The van der Waals surface area contributed by atoms with Crippen molar-refractivity contribution in [1.82, 2.24) is 9.80 Å². The lowest BCUT2D eigenvalue weighted by Crippen LogP contribution is -2.22. The zero-order valence-corrected chi connectivity index (χ0v) is 9.83. The van der Waals surface area contributed by atoms with Gasteiger partial charge in [-0.15, -0.1) is 11.3 Å². The first-order chi connectivity index (χ1) is 7.25. The molecule has 2 heterocycles. The fraction of sp³-hybridized carbons (Fsp3) is 0.364. The van der Waals surface area contributed by atoms with E-state index >= 15 is 0 Å². The van der Waals surface area contributed by atoms with E-state index in [1.807, 2.05) is 36.4 Å². The Labute approximate surface area is 94.6 Å². The molecule has 4 heteroatoms. The molecule has 0 aliphatic carbocycles. The molecule has 0 fully saturated rings. The normalized spacial score (nSPS) is 15.1. The molecular weight excluding hydrogens is 208 g/mol. The first kappa shape index (κ1) is 10.4. The van der Waals surface area contributed by atoms with Gasteiger partial charge in [0.05, 0.1) is 6.54 Å². The van der Waals surface area contributed by atoms with Gasteiger partial charge >= 0.3 is 0 Å². The van der Waals surface area contributed by atoms with Crippen LogP contribution in [0.5, 0.6) is 5.75 Å². The largest absolute Gasteiger partial charge is 0.491 e. The third-order valence-corrected chi connectivity index (χ3v) is 3.08. The van der Waals surface area contributed by atoms with E-state index in [0.717, 1.165) is 12.3 Å². The summed E-state index contributed by atoms with van der Waals surface area (Å²) in [5.74, 6) is 1.01. The van der Waals surface area contributed by atoms with Gasteiger partial charge in [-0.1, -0.05) is 0 Å². The van der Waals surface area contributed by atoms with Crippen molar-refractivity contribution >= 4 is 11.3 Å². The van der Waals surface area contributed by atoms with Crippen molar-refractivity contribution in [2.45, 2.75) is 6.92 Å². The van der Waals surface area contributed by atoms with Gasteiger partial charge in [0.25, 0.3) is 0 Å². The second kappa shape index (κ2) is 4.57. The highest BCUT2D eigenvalue weighted by molar-refractivity contribution is 7.08. The molecule has 1 aromatic rings. The molecule has 0 saturated carbocycles. The monoisotopic (exact) mass is 223 g/mol. The molecule has 1 radical (unpaired) electrons. The highest BCUT2D eigenvalue weighted by Gasteiger charge is 2.09. The summed E-state index contributed by atoms with van der Waals surface area (Å²) >= 11 is 1.68. The van der Waals surface area contributed by atoms with Crippen LogP contribution >= 0.6 is 11.3 Å². The van der Waals surface area contributed by atoms with Gasteiger partial charge in [-0.2, -0.15) is 0 Å². The van der Waals surface area contributed by atoms with Gasteiger partial charge in [0.1, 0.15) is 19.0 Å². The van der Waals surface area contributed by atoms with Gasteiger partial charge in [-0.05, 0) is 12.3 Å². The van der Waals surface area contributed by atoms with Gasteiger partial charge < -0.3 is 14.5 Å². The Morgan fingerprint density at radius 1 is 1.33 bits per heavy atom. The SMILES string of the molecule is Cc1cscc1OCCN1[CH]N(C)C=C1. The minimum atomic E-state index is 0.715. The first-order valence-corrected chi connectivity index (χ1v) is 5.86. The smallest absolute Gasteiger partial charge is 0.141 e. The van der Waals surface area contributed by atoms with Crippen LogP contribution in [0.15, 0.2) is 23.2 Å². The molecule has 2 rings (SSSR count). The standard InChI is InChI=1S/C11H15N2OS/c1-10-7-15-8-11(10)14-6-5-13-4-3-12(2)9-13/h3-4,7-9H,5-6H2,1-2H3. The van der Waals surface area contributed by atoms with Crippen molar-refractivity contribution in [3.63, 3.8) is 0 Å². The number of hydrogen-bond donors (Lipinski definition) is 0. The van der Waals surface area contributed by atoms with E-state index in [1.54, 1.807) is 11.3 Å². The van der Waals surface area contributed by atoms with Crippen molar-refractivity contribution in [2.24, 2.45) is 0 Å². The van der Waals surface area contributed by atoms with Crippen LogP contribution in [0.25, 0.3) is 0 Å². The Bertz CT molecular complexity index is 348.